The van der Waals surface area contributed by atoms with E-state index in [1.54, 1.807) is 18.2 Å². The predicted molar refractivity (Wildman–Crippen MR) is 88.5 cm³/mol. The van der Waals surface area contributed by atoms with Crippen LogP contribution in [0, 0.1) is 6.92 Å². The Balaban J connectivity index is 2.23. The molecule has 0 spiro atoms. The fourth-order valence-electron chi connectivity index (χ4n) is 1.91. The first-order valence-corrected chi connectivity index (χ1v) is 9.09. The lowest BCUT2D eigenvalue weighted by Crippen LogP contribution is -2.40. The average Bonchev–Trinajstić information content (AvgIpc) is 2.80. The zero-order chi connectivity index (χ0) is 16.4. The molecule has 0 saturated heterocycles. The molecule has 0 radical (unpaired) electrons. The molecule has 2 rings (SSSR count). The van der Waals surface area contributed by atoms with Gasteiger partial charge in [-0.25, -0.2) is 18.1 Å². The molecule has 0 fully saturated rings. The SMILES string of the molecule is Cc1nsc(NCc2ccccc2S(=O)(=O)NC(C)(C)C)n1. The van der Waals surface area contributed by atoms with E-state index < -0.39 is 15.6 Å². The third kappa shape index (κ3) is 4.49. The van der Waals surface area contributed by atoms with Gasteiger partial charge in [-0.15, -0.1) is 0 Å². The van der Waals surface area contributed by atoms with Crippen LogP contribution < -0.4 is 10.0 Å². The Labute approximate surface area is 135 Å². The van der Waals surface area contributed by atoms with Crippen LogP contribution in [0.3, 0.4) is 0 Å². The first-order valence-electron chi connectivity index (χ1n) is 6.83. The molecule has 0 unspecified atom stereocenters. The van der Waals surface area contributed by atoms with Crippen LogP contribution in [0.1, 0.15) is 32.2 Å². The Morgan fingerprint density at radius 3 is 2.50 bits per heavy atom. The molecule has 6 nitrogen and oxygen atoms in total. The molecule has 0 atom stereocenters. The Morgan fingerprint density at radius 2 is 1.91 bits per heavy atom. The van der Waals surface area contributed by atoms with E-state index in [1.165, 1.54) is 11.5 Å². The van der Waals surface area contributed by atoms with Gasteiger partial charge in [0.05, 0.1) is 4.90 Å². The number of hydrogen-bond donors (Lipinski definition) is 2. The summed E-state index contributed by atoms with van der Waals surface area (Å²) < 4.78 is 31.8. The Morgan fingerprint density at radius 1 is 1.23 bits per heavy atom. The van der Waals surface area contributed by atoms with E-state index in [2.05, 4.69) is 19.4 Å². The van der Waals surface area contributed by atoms with E-state index in [-0.39, 0.29) is 4.90 Å². The van der Waals surface area contributed by atoms with Gasteiger partial charge in [0, 0.05) is 23.6 Å². The molecule has 22 heavy (non-hydrogen) atoms. The fourth-order valence-corrected chi connectivity index (χ4v) is 4.14. The van der Waals surface area contributed by atoms with Crippen molar-refractivity contribution in [2.24, 2.45) is 0 Å². The number of anilines is 1. The molecule has 1 aromatic carbocycles. The number of rotatable bonds is 5. The summed E-state index contributed by atoms with van der Waals surface area (Å²) >= 11 is 1.25. The summed E-state index contributed by atoms with van der Waals surface area (Å²) in [5.41, 5.74) is 0.155. The molecule has 2 N–H and O–H groups in total. The quantitative estimate of drug-likeness (QED) is 0.874. The van der Waals surface area contributed by atoms with Gasteiger partial charge in [-0.3, -0.25) is 0 Å². The number of sulfonamides is 1. The number of nitrogens with one attached hydrogen (secondary N) is 2. The molecular weight excluding hydrogens is 320 g/mol. The molecule has 2 aromatic rings. The highest BCUT2D eigenvalue weighted by Crippen LogP contribution is 2.19. The second-order valence-corrected chi connectivity index (χ2v) is 8.37. The van der Waals surface area contributed by atoms with Crippen molar-refractivity contribution in [1.82, 2.24) is 14.1 Å². The topological polar surface area (TPSA) is 84.0 Å². The van der Waals surface area contributed by atoms with Crippen molar-refractivity contribution in [2.75, 3.05) is 5.32 Å². The lowest BCUT2D eigenvalue weighted by atomic mass is 10.1. The van der Waals surface area contributed by atoms with Gasteiger partial charge in [0.1, 0.15) is 5.82 Å². The van der Waals surface area contributed by atoms with Crippen molar-refractivity contribution in [3.63, 3.8) is 0 Å². The summed E-state index contributed by atoms with van der Waals surface area (Å²) in [6, 6.07) is 6.93. The Bertz CT molecular complexity index is 748. The maximum atomic E-state index is 12.5. The third-order valence-corrected chi connectivity index (χ3v) is 5.28. The van der Waals surface area contributed by atoms with Gasteiger partial charge >= 0.3 is 0 Å². The average molecular weight is 340 g/mol. The molecule has 1 aromatic heterocycles. The van der Waals surface area contributed by atoms with Crippen LogP contribution in [0.15, 0.2) is 29.2 Å². The first-order chi connectivity index (χ1) is 10.2. The van der Waals surface area contributed by atoms with Crippen molar-refractivity contribution >= 4 is 26.7 Å². The summed E-state index contributed by atoms with van der Waals surface area (Å²) in [6.45, 7) is 7.63. The Hall–Kier alpha value is -1.51. The predicted octanol–water partition coefficient (Wildman–Crippen LogP) is 2.54. The van der Waals surface area contributed by atoms with E-state index >= 15 is 0 Å². The van der Waals surface area contributed by atoms with Gasteiger partial charge in [-0.1, -0.05) is 18.2 Å². The Kier molecular flexibility index (Phi) is 4.84. The number of aryl methyl sites for hydroxylation is 1. The minimum Gasteiger partial charge on any atom is -0.356 e. The van der Waals surface area contributed by atoms with Crippen LogP contribution in [0.4, 0.5) is 5.13 Å². The van der Waals surface area contributed by atoms with Gasteiger partial charge < -0.3 is 5.32 Å². The smallest absolute Gasteiger partial charge is 0.241 e. The van der Waals surface area contributed by atoms with Crippen LogP contribution in [0.25, 0.3) is 0 Å². The highest BCUT2D eigenvalue weighted by molar-refractivity contribution is 7.89. The molecule has 1 heterocycles. The van der Waals surface area contributed by atoms with Gasteiger partial charge in [0.2, 0.25) is 15.2 Å². The monoisotopic (exact) mass is 340 g/mol. The van der Waals surface area contributed by atoms with Crippen LogP contribution in [0.5, 0.6) is 0 Å². The van der Waals surface area contributed by atoms with Crippen molar-refractivity contribution < 1.29 is 8.42 Å². The standard InChI is InChI=1S/C14H20N4O2S2/c1-10-16-13(21-17-10)15-9-11-7-5-6-8-12(11)22(19,20)18-14(2,3)4/h5-8,18H,9H2,1-4H3,(H,15,16,17). The fraction of sp³-hybridized carbons (Fsp3) is 0.429. The zero-order valence-corrected chi connectivity index (χ0v) is 14.7. The number of nitrogens with zero attached hydrogens (tertiary/aromatic N) is 2. The highest BCUT2D eigenvalue weighted by atomic mass is 32.2. The molecule has 8 heteroatoms. The van der Waals surface area contributed by atoms with Gasteiger partial charge in [-0.05, 0) is 39.3 Å². The summed E-state index contributed by atoms with van der Waals surface area (Å²) in [5.74, 6) is 0.697. The van der Waals surface area contributed by atoms with Gasteiger partial charge in [0.15, 0.2) is 0 Å². The highest BCUT2D eigenvalue weighted by Gasteiger charge is 2.24. The van der Waals surface area contributed by atoms with Crippen molar-refractivity contribution in [3.05, 3.63) is 35.7 Å². The largest absolute Gasteiger partial charge is 0.356 e. The molecule has 0 saturated carbocycles. The second kappa shape index (κ2) is 6.31. The summed E-state index contributed by atoms with van der Waals surface area (Å²) in [6.07, 6.45) is 0. The normalized spacial score (nSPS) is 12.4. The van der Waals surface area contributed by atoms with Crippen molar-refractivity contribution in [1.29, 1.82) is 0 Å². The van der Waals surface area contributed by atoms with E-state index in [1.807, 2.05) is 33.8 Å². The molecule has 120 valence electrons. The lowest BCUT2D eigenvalue weighted by Gasteiger charge is -2.21. The summed E-state index contributed by atoms with van der Waals surface area (Å²) in [7, 11) is -3.57. The zero-order valence-electron chi connectivity index (χ0n) is 13.0. The number of hydrogen-bond acceptors (Lipinski definition) is 6. The maximum absolute atomic E-state index is 12.5. The summed E-state index contributed by atoms with van der Waals surface area (Å²) in [5, 5.41) is 3.78. The van der Waals surface area contributed by atoms with Gasteiger partial charge in [0.25, 0.3) is 0 Å². The van der Waals surface area contributed by atoms with Crippen LogP contribution in [-0.4, -0.2) is 23.3 Å². The van der Waals surface area contributed by atoms with E-state index in [9.17, 15) is 8.42 Å². The third-order valence-electron chi connectivity index (χ3n) is 2.66. The van der Waals surface area contributed by atoms with E-state index in [0.717, 1.165) is 0 Å². The molecule has 0 aliphatic rings. The van der Waals surface area contributed by atoms with Crippen LogP contribution in [-0.2, 0) is 16.6 Å². The van der Waals surface area contributed by atoms with Crippen molar-refractivity contribution in [3.8, 4) is 0 Å². The van der Waals surface area contributed by atoms with Gasteiger partial charge in [-0.2, -0.15) is 4.37 Å². The van der Waals surface area contributed by atoms with Crippen LogP contribution in [0.2, 0.25) is 0 Å². The number of benzene rings is 1. The van der Waals surface area contributed by atoms with Crippen LogP contribution >= 0.6 is 11.5 Å². The maximum Gasteiger partial charge on any atom is 0.241 e. The van der Waals surface area contributed by atoms with E-state index in [4.69, 9.17) is 0 Å². The van der Waals surface area contributed by atoms with Crippen molar-refractivity contribution in [2.45, 2.75) is 44.7 Å². The molecular formula is C14H20N4O2S2. The minimum absolute atomic E-state index is 0.277. The molecule has 0 aliphatic heterocycles. The number of aromatic nitrogens is 2. The lowest BCUT2D eigenvalue weighted by molar-refractivity contribution is 0.491. The minimum atomic E-state index is -3.57. The molecule has 0 amide bonds. The molecule has 0 aliphatic carbocycles. The summed E-state index contributed by atoms with van der Waals surface area (Å²) in [4.78, 5) is 4.48. The molecule has 0 bridgehead atoms. The second-order valence-electron chi connectivity index (χ2n) is 5.96. The first kappa shape index (κ1) is 16.9. The van der Waals surface area contributed by atoms with E-state index in [0.29, 0.717) is 23.1 Å².